The number of alkyl halides is 3. The Balaban J connectivity index is 2.13. The molecule has 1 aliphatic heterocycles. The first-order valence-electron chi connectivity index (χ1n) is 8.95. The van der Waals surface area contributed by atoms with Crippen LogP contribution in [-0.2, 0) is 16.0 Å². The molecule has 1 saturated heterocycles. The van der Waals surface area contributed by atoms with Gasteiger partial charge in [0.1, 0.15) is 5.82 Å². The van der Waals surface area contributed by atoms with Crippen molar-refractivity contribution in [3.8, 4) is 0 Å². The second kappa shape index (κ2) is 8.84. The Bertz CT molecular complexity index is 605. The number of carbonyl (C=O) groups excluding carboxylic acids is 1. The van der Waals surface area contributed by atoms with E-state index in [0.29, 0.717) is 24.9 Å². The molecule has 0 aromatic heterocycles. The van der Waals surface area contributed by atoms with Crippen molar-refractivity contribution >= 4 is 5.97 Å². The van der Waals surface area contributed by atoms with E-state index in [2.05, 4.69) is 0 Å². The molecular weight excluding hydrogens is 350 g/mol. The van der Waals surface area contributed by atoms with Crippen molar-refractivity contribution in [3.05, 3.63) is 35.6 Å². The van der Waals surface area contributed by atoms with Gasteiger partial charge in [-0.2, -0.15) is 13.2 Å². The van der Waals surface area contributed by atoms with Gasteiger partial charge in [0.15, 0.2) is 0 Å². The Kier molecular flexibility index (Phi) is 7.03. The van der Waals surface area contributed by atoms with Gasteiger partial charge in [-0.15, -0.1) is 0 Å². The monoisotopic (exact) mass is 375 g/mol. The minimum absolute atomic E-state index is 0.0118. The molecule has 0 amide bonds. The molecule has 1 unspecified atom stereocenters. The topological polar surface area (TPSA) is 29.5 Å². The quantitative estimate of drug-likeness (QED) is 0.524. The average molecular weight is 375 g/mol. The summed E-state index contributed by atoms with van der Waals surface area (Å²) in [7, 11) is 0. The van der Waals surface area contributed by atoms with Crippen molar-refractivity contribution < 1.29 is 27.1 Å². The van der Waals surface area contributed by atoms with Gasteiger partial charge in [0.05, 0.1) is 12.0 Å². The van der Waals surface area contributed by atoms with Crippen LogP contribution in [0, 0.1) is 11.2 Å². The van der Waals surface area contributed by atoms with Crippen molar-refractivity contribution in [1.82, 2.24) is 4.90 Å². The summed E-state index contributed by atoms with van der Waals surface area (Å²) in [6.07, 6.45) is -3.64. The van der Waals surface area contributed by atoms with Crippen LogP contribution in [0.2, 0.25) is 0 Å². The van der Waals surface area contributed by atoms with E-state index in [1.807, 2.05) is 4.90 Å². The van der Waals surface area contributed by atoms with Crippen LogP contribution in [0.5, 0.6) is 0 Å². The first-order valence-corrected chi connectivity index (χ1v) is 8.95. The zero-order chi connectivity index (χ0) is 19.2. The highest BCUT2D eigenvalue weighted by molar-refractivity contribution is 5.77. The number of hydrogen-bond acceptors (Lipinski definition) is 3. The van der Waals surface area contributed by atoms with Gasteiger partial charge >= 0.3 is 12.1 Å². The summed E-state index contributed by atoms with van der Waals surface area (Å²) in [6, 6.07) is 6.28. The number of ether oxygens (including phenoxy) is 1. The maximum absolute atomic E-state index is 14.1. The molecule has 0 N–H and O–H groups in total. The lowest BCUT2D eigenvalue weighted by Crippen LogP contribution is -2.50. The molecule has 3 nitrogen and oxygen atoms in total. The summed E-state index contributed by atoms with van der Waals surface area (Å²) in [6.45, 7) is 3.11. The van der Waals surface area contributed by atoms with Gasteiger partial charge < -0.3 is 9.64 Å². The number of esters is 1. The molecule has 0 spiro atoms. The Morgan fingerprint density at radius 1 is 1.31 bits per heavy atom. The Morgan fingerprint density at radius 3 is 2.69 bits per heavy atom. The van der Waals surface area contributed by atoms with Crippen LogP contribution < -0.4 is 0 Å². The predicted octanol–water partition coefficient (Wildman–Crippen LogP) is 4.36. The third kappa shape index (κ3) is 5.69. The predicted molar refractivity (Wildman–Crippen MR) is 90.1 cm³/mol. The second-order valence-corrected chi connectivity index (χ2v) is 6.87. The number of benzene rings is 1. The zero-order valence-corrected chi connectivity index (χ0v) is 14.9. The molecule has 2 rings (SSSR count). The Morgan fingerprint density at radius 2 is 2.04 bits per heavy atom. The summed E-state index contributed by atoms with van der Waals surface area (Å²) in [5.41, 5.74) is -0.494. The van der Waals surface area contributed by atoms with E-state index in [1.165, 1.54) is 6.07 Å². The van der Waals surface area contributed by atoms with E-state index in [9.17, 15) is 22.4 Å². The SMILES string of the molecule is CCOC(=O)C1(Cc2ccccc2F)CCCN(CCCC(F)(F)F)C1. The molecule has 1 atom stereocenters. The molecule has 1 aromatic carbocycles. The van der Waals surface area contributed by atoms with Gasteiger partial charge in [0, 0.05) is 13.0 Å². The molecule has 7 heteroatoms. The number of hydrogen-bond donors (Lipinski definition) is 0. The third-order valence-corrected chi connectivity index (χ3v) is 4.79. The van der Waals surface area contributed by atoms with Crippen LogP contribution >= 0.6 is 0 Å². The molecule has 1 fully saturated rings. The van der Waals surface area contributed by atoms with Crippen LogP contribution in [-0.4, -0.2) is 43.3 Å². The van der Waals surface area contributed by atoms with Gasteiger partial charge in [0.2, 0.25) is 0 Å². The summed E-state index contributed by atoms with van der Waals surface area (Å²) >= 11 is 0. The highest BCUT2D eigenvalue weighted by Crippen LogP contribution is 2.36. The fourth-order valence-electron chi connectivity index (χ4n) is 3.59. The third-order valence-electron chi connectivity index (χ3n) is 4.79. The fraction of sp³-hybridized carbons (Fsp3) is 0.632. The maximum Gasteiger partial charge on any atom is 0.389 e. The number of halogens is 4. The summed E-state index contributed by atoms with van der Waals surface area (Å²) in [4.78, 5) is 14.5. The zero-order valence-electron chi connectivity index (χ0n) is 14.9. The van der Waals surface area contributed by atoms with Crippen LogP contribution in [0.4, 0.5) is 17.6 Å². The van der Waals surface area contributed by atoms with Gasteiger partial charge in [-0.1, -0.05) is 18.2 Å². The molecule has 1 aliphatic rings. The average Bonchev–Trinajstić information content (AvgIpc) is 2.56. The second-order valence-electron chi connectivity index (χ2n) is 6.87. The Hall–Kier alpha value is -1.63. The minimum Gasteiger partial charge on any atom is -0.466 e. The molecule has 1 aromatic rings. The summed E-state index contributed by atoms with van der Waals surface area (Å²) in [5, 5.41) is 0. The van der Waals surface area contributed by atoms with Crippen molar-refractivity contribution in [3.63, 3.8) is 0 Å². The smallest absolute Gasteiger partial charge is 0.389 e. The number of piperidine rings is 1. The molecule has 0 saturated carbocycles. The van der Waals surface area contributed by atoms with E-state index in [1.54, 1.807) is 25.1 Å². The molecule has 0 radical (unpaired) electrons. The van der Waals surface area contributed by atoms with Gasteiger partial charge in [-0.05, 0) is 57.3 Å². The largest absolute Gasteiger partial charge is 0.466 e. The van der Waals surface area contributed by atoms with Gasteiger partial charge in [-0.3, -0.25) is 4.79 Å². The molecule has 1 heterocycles. The van der Waals surface area contributed by atoms with Crippen LogP contribution in [0.25, 0.3) is 0 Å². The number of likely N-dealkylation sites (tertiary alicyclic amines) is 1. The lowest BCUT2D eigenvalue weighted by atomic mass is 9.75. The first-order chi connectivity index (χ1) is 12.3. The molecule has 0 bridgehead atoms. The molecule has 26 heavy (non-hydrogen) atoms. The molecule has 0 aliphatic carbocycles. The van der Waals surface area contributed by atoms with Crippen molar-refractivity contribution in [2.75, 3.05) is 26.2 Å². The van der Waals surface area contributed by atoms with Crippen LogP contribution in [0.1, 0.15) is 38.2 Å². The Labute approximate surface area is 151 Å². The van der Waals surface area contributed by atoms with Gasteiger partial charge in [0.25, 0.3) is 0 Å². The van der Waals surface area contributed by atoms with E-state index in [0.717, 1.165) is 0 Å². The van der Waals surface area contributed by atoms with Crippen molar-refractivity contribution in [2.24, 2.45) is 5.41 Å². The minimum atomic E-state index is -4.18. The lowest BCUT2D eigenvalue weighted by molar-refractivity contribution is -0.159. The number of nitrogens with zero attached hydrogens (tertiary/aromatic N) is 1. The first kappa shape index (κ1) is 20.7. The highest BCUT2D eigenvalue weighted by atomic mass is 19.4. The number of rotatable bonds is 7. The molecule has 146 valence electrons. The van der Waals surface area contributed by atoms with Crippen molar-refractivity contribution in [1.29, 1.82) is 0 Å². The van der Waals surface area contributed by atoms with Crippen LogP contribution in [0.3, 0.4) is 0 Å². The van der Waals surface area contributed by atoms with Crippen molar-refractivity contribution in [2.45, 2.75) is 45.2 Å². The maximum atomic E-state index is 14.1. The van der Waals surface area contributed by atoms with E-state index in [4.69, 9.17) is 4.74 Å². The van der Waals surface area contributed by atoms with E-state index in [-0.39, 0.29) is 38.4 Å². The summed E-state index contributed by atoms with van der Waals surface area (Å²) < 4.78 is 56.5. The normalized spacial score (nSPS) is 21.6. The lowest BCUT2D eigenvalue weighted by Gasteiger charge is -2.41. The van der Waals surface area contributed by atoms with Crippen LogP contribution in [0.15, 0.2) is 24.3 Å². The van der Waals surface area contributed by atoms with E-state index >= 15 is 0 Å². The number of carbonyl (C=O) groups is 1. The van der Waals surface area contributed by atoms with Gasteiger partial charge in [-0.25, -0.2) is 4.39 Å². The fourth-order valence-corrected chi connectivity index (χ4v) is 3.59. The van der Waals surface area contributed by atoms with E-state index < -0.39 is 24.0 Å². The highest BCUT2D eigenvalue weighted by Gasteiger charge is 2.44. The standard InChI is InChI=1S/C19H25F4NO2/c1-2-26-17(25)18(13-15-7-3-4-8-16(15)20)9-5-11-24(14-18)12-6-10-19(21,22)23/h3-4,7-8H,2,5-6,9-14H2,1H3. The molecular formula is C19H25F4NO2. The summed E-state index contributed by atoms with van der Waals surface area (Å²) in [5.74, 6) is -0.783.